The van der Waals surface area contributed by atoms with E-state index in [1.54, 1.807) is 0 Å². The largest absolute Gasteiger partial charge is 0.310 e. The van der Waals surface area contributed by atoms with Gasteiger partial charge in [-0.1, -0.05) is 34.5 Å². The fraction of sp³-hybridized carbons (Fsp3) is 0.625. The third-order valence-corrected chi connectivity index (χ3v) is 4.69. The van der Waals surface area contributed by atoms with Gasteiger partial charge in [-0.3, -0.25) is 0 Å². The molecule has 1 N–H and O–H groups in total. The molecule has 0 saturated carbocycles. The first-order chi connectivity index (χ1) is 9.16. The number of nitrogens with one attached hydrogen (secondary N) is 1. The van der Waals surface area contributed by atoms with E-state index in [9.17, 15) is 0 Å². The molecular formula is C16H25BrN2. The van der Waals surface area contributed by atoms with E-state index in [4.69, 9.17) is 0 Å². The van der Waals surface area contributed by atoms with Crippen molar-refractivity contribution >= 4 is 15.9 Å². The molecule has 106 valence electrons. The van der Waals surface area contributed by atoms with Crippen LogP contribution in [0.2, 0.25) is 0 Å². The number of halogens is 1. The van der Waals surface area contributed by atoms with Crippen LogP contribution >= 0.6 is 15.9 Å². The van der Waals surface area contributed by atoms with Crippen LogP contribution in [0.25, 0.3) is 0 Å². The minimum Gasteiger partial charge on any atom is -0.310 e. The van der Waals surface area contributed by atoms with Gasteiger partial charge in [0.2, 0.25) is 0 Å². The molecule has 0 aliphatic carbocycles. The molecule has 1 unspecified atom stereocenters. The molecular weight excluding hydrogens is 300 g/mol. The van der Waals surface area contributed by atoms with Crippen LogP contribution in [0.3, 0.4) is 0 Å². The number of hydrogen-bond donors (Lipinski definition) is 1. The van der Waals surface area contributed by atoms with Crippen molar-refractivity contribution in [2.24, 2.45) is 0 Å². The van der Waals surface area contributed by atoms with Gasteiger partial charge >= 0.3 is 0 Å². The van der Waals surface area contributed by atoms with Gasteiger partial charge in [-0.05, 0) is 64.0 Å². The molecule has 3 heteroatoms. The average molecular weight is 325 g/mol. The summed E-state index contributed by atoms with van der Waals surface area (Å²) in [6, 6.07) is 9.77. The Morgan fingerprint density at radius 1 is 1.42 bits per heavy atom. The first-order valence-electron chi connectivity index (χ1n) is 7.36. The van der Waals surface area contributed by atoms with Gasteiger partial charge in [0.25, 0.3) is 0 Å². The maximum Gasteiger partial charge on any atom is 0.0292 e. The Kier molecular flexibility index (Phi) is 5.86. The van der Waals surface area contributed by atoms with Crippen molar-refractivity contribution in [2.45, 2.75) is 44.7 Å². The molecule has 0 spiro atoms. The van der Waals surface area contributed by atoms with Gasteiger partial charge in [-0.25, -0.2) is 0 Å². The summed E-state index contributed by atoms with van der Waals surface area (Å²) in [4.78, 5) is 2.52. The van der Waals surface area contributed by atoms with Gasteiger partial charge in [-0.15, -0.1) is 0 Å². The smallest absolute Gasteiger partial charge is 0.0292 e. The highest BCUT2D eigenvalue weighted by Crippen LogP contribution is 2.19. The van der Waals surface area contributed by atoms with Gasteiger partial charge in [0.05, 0.1) is 0 Å². The van der Waals surface area contributed by atoms with Crippen LogP contribution in [-0.4, -0.2) is 31.1 Å². The topological polar surface area (TPSA) is 15.3 Å². The molecule has 1 aromatic rings. The van der Waals surface area contributed by atoms with E-state index in [1.807, 2.05) is 0 Å². The summed E-state index contributed by atoms with van der Waals surface area (Å²) in [5.41, 5.74) is 1.35. The maximum absolute atomic E-state index is 3.65. The van der Waals surface area contributed by atoms with E-state index in [0.717, 1.165) is 17.1 Å². The molecule has 19 heavy (non-hydrogen) atoms. The molecule has 0 bridgehead atoms. The van der Waals surface area contributed by atoms with Gasteiger partial charge in [-0.2, -0.15) is 0 Å². The predicted octanol–water partition coefficient (Wildman–Crippen LogP) is 3.97. The monoisotopic (exact) mass is 324 g/mol. The molecule has 1 aromatic carbocycles. The van der Waals surface area contributed by atoms with E-state index < -0.39 is 0 Å². The summed E-state index contributed by atoms with van der Waals surface area (Å²) < 4.78 is 1.16. The first-order valence-corrected chi connectivity index (χ1v) is 8.15. The lowest BCUT2D eigenvalue weighted by Gasteiger charge is -2.32. The van der Waals surface area contributed by atoms with E-state index in [0.29, 0.717) is 6.04 Å². The van der Waals surface area contributed by atoms with Crippen LogP contribution in [0, 0.1) is 0 Å². The predicted molar refractivity (Wildman–Crippen MR) is 85.4 cm³/mol. The Morgan fingerprint density at radius 2 is 2.26 bits per heavy atom. The minimum absolute atomic E-state index is 0.423. The van der Waals surface area contributed by atoms with Crippen molar-refractivity contribution < 1.29 is 0 Å². The summed E-state index contributed by atoms with van der Waals surface area (Å²) >= 11 is 3.53. The second-order valence-electron chi connectivity index (χ2n) is 5.65. The molecule has 1 heterocycles. The van der Waals surface area contributed by atoms with Crippen molar-refractivity contribution in [2.75, 3.05) is 20.1 Å². The molecule has 0 amide bonds. The molecule has 0 radical (unpaired) electrons. The number of hydrogen-bond acceptors (Lipinski definition) is 2. The highest BCUT2D eigenvalue weighted by Gasteiger charge is 2.18. The molecule has 0 aromatic heterocycles. The Bertz CT molecular complexity index is 394. The molecule has 1 fully saturated rings. The van der Waals surface area contributed by atoms with Crippen molar-refractivity contribution in [3.8, 4) is 0 Å². The second kappa shape index (κ2) is 7.41. The van der Waals surface area contributed by atoms with Crippen molar-refractivity contribution in [3.05, 3.63) is 34.3 Å². The first kappa shape index (κ1) is 15.0. The zero-order valence-corrected chi connectivity index (χ0v) is 13.6. The van der Waals surface area contributed by atoms with Crippen LogP contribution in [0.15, 0.2) is 28.7 Å². The van der Waals surface area contributed by atoms with Crippen molar-refractivity contribution in [1.29, 1.82) is 0 Å². The summed E-state index contributed by atoms with van der Waals surface area (Å²) in [6.45, 7) is 4.61. The average Bonchev–Trinajstić information content (AvgIpc) is 2.41. The Hall–Kier alpha value is -0.380. The lowest BCUT2D eigenvalue weighted by atomic mass is 10.00. The fourth-order valence-corrected chi connectivity index (χ4v) is 3.29. The number of benzene rings is 1. The highest BCUT2D eigenvalue weighted by atomic mass is 79.9. The third-order valence-electron chi connectivity index (χ3n) is 4.20. The number of rotatable bonds is 5. The van der Waals surface area contributed by atoms with Crippen molar-refractivity contribution in [3.63, 3.8) is 0 Å². The number of piperidine rings is 1. The Labute approximate surface area is 125 Å². The van der Waals surface area contributed by atoms with E-state index in [2.05, 4.69) is 64.4 Å². The second-order valence-corrected chi connectivity index (χ2v) is 6.57. The normalized spacial score (nSPS) is 22.4. The lowest BCUT2D eigenvalue weighted by molar-refractivity contribution is 0.174. The maximum atomic E-state index is 3.65. The zero-order chi connectivity index (χ0) is 13.7. The van der Waals surface area contributed by atoms with E-state index in [1.165, 1.54) is 37.8 Å². The third kappa shape index (κ3) is 4.59. The van der Waals surface area contributed by atoms with Crippen molar-refractivity contribution in [1.82, 2.24) is 10.2 Å². The van der Waals surface area contributed by atoms with Gasteiger partial charge in [0.15, 0.2) is 0 Å². The Morgan fingerprint density at radius 3 is 3.00 bits per heavy atom. The molecule has 1 saturated heterocycles. The highest BCUT2D eigenvalue weighted by molar-refractivity contribution is 9.10. The van der Waals surface area contributed by atoms with Gasteiger partial charge in [0.1, 0.15) is 0 Å². The van der Waals surface area contributed by atoms with Gasteiger partial charge in [0, 0.05) is 16.6 Å². The number of likely N-dealkylation sites (tertiary alicyclic amines) is 1. The van der Waals surface area contributed by atoms with Crippen LogP contribution < -0.4 is 5.32 Å². The van der Waals surface area contributed by atoms with E-state index >= 15 is 0 Å². The van der Waals surface area contributed by atoms with Gasteiger partial charge < -0.3 is 10.2 Å². The van der Waals surface area contributed by atoms with Crippen LogP contribution in [0.5, 0.6) is 0 Å². The summed E-state index contributed by atoms with van der Waals surface area (Å²) in [6.07, 6.45) is 5.39. The summed E-state index contributed by atoms with van der Waals surface area (Å²) in [7, 11) is 2.27. The molecule has 1 aliphatic heterocycles. The summed E-state index contributed by atoms with van der Waals surface area (Å²) in [5.74, 6) is 0. The van der Waals surface area contributed by atoms with Crippen LogP contribution in [-0.2, 0) is 0 Å². The van der Waals surface area contributed by atoms with E-state index in [-0.39, 0.29) is 0 Å². The fourth-order valence-electron chi connectivity index (χ4n) is 2.87. The molecule has 1 aliphatic rings. The number of nitrogens with zero attached hydrogens (tertiary/aromatic N) is 1. The summed E-state index contributed by atoms with van der Waals surface area (Å²) in [5, 5.41) is 3.65. The standard InChI is InChI=1S/C16H25BrN2/c1-13(14-6-5-7-15(17)12-14)18-10-9-16-8-3-4-11-19(16)2/h5-7,12-13,16,18H,3-4,8-11H2,1-2H3/t13-,16?/m1/s1. The minimum atomic E-state index is 0.423. The van der Waals surface area contributed by atoms with Crippen LogP contribution in [0.1, 0.15) is 44.2 Å². The Balaban J connectivity index is 1.76. The quantitative estimate of drug-likeness (QED) is 0.881. The molecule has 2 nitrogen and oxygen atoms in total. The van der Waals surface area contributed by atoms with Crippen LogP contribution in [0.4, 0.5) is 0 Å². The zero-order valence-electron chi connectivity index (χ0n) is 12.0. The SMILES string of the molecule is C[C@@H](NCCC1CCCCN1C)c1cccc(Br)c1. The molecule has 2 rings (SSSR count). The molecule has 2 atom stereocenters. The lowest BCUT2D eigenvalue weighted by Crippen LogP contribution is -2.38.